The van der Waals surface area contributed by atoms with Crippen molar-refractivity contribution in [2.75, 3.05) is 5.32 Å². The molecule has 0 aromatic carbocycles. The molecule has 0 saturated heterocycles. The highest BCUT2D eigenvalue weighted by atomic mass is 19.1. The van der Waals surface area contributed by atoms with Crippen molar-refractivity contribution in [1.29, 1.82) is 0 Å². The van der Waals surface area contributed by atoms with Gasteiger partial charge < -0.3 is 11.1 Å². The number of carbonyl (C=O) groups excluding carboxylic acids is 1. The molecule has 2 heterocycles. The van der Waals surface area contributed by atoms with E-state index in [-0.39, 0.29) is 28.8 Å². The van der Waals surface area contributed by atoms with E-state index >= 15 is 0 Å². The van der Waals surface area contributed by atoms with Gasteiger partial charge in [0.25, 0.3) is 5.91 Å². The standard InChI is InChI=1S/C26H32F2N4O/c1-4-18(13-16(2)27)25(28)17(3)22-9-6-10-23(31-22)26(33)32-24-15-30-12-11-21(24)19-7-5-8-20(29)14-19/h6,9-13,15-16,19-20H,4-5,7-8,14,29H2,1-3H3,(H,32,33)/b18-13-,25-17-/t16?,19-,20+/m1/s1. The SMILES string of the molecule is CCC(=C/C(C)F)/C(F)=C(\C)c1cccc(C(=O)Nc2cnccc2[C@@H]2CCC[C@H](N)C2)n1. The lowest BCUT2D eigenvalue weighted by Crippen LogP contribution is -2.27. The largest absolute Gasteiger partial charge is 0.328 e. The van der Waals surface area contributed by atoms with Gasteiger partial charge in [0.2, 0.25) is 0 Å². The maximum absolute atomic E-state index is 15.0. The van der Waals surface area contributed by atoms with Gasteiger partial charge in [0, 0.05) is 17.8 Å². The maximum Gasteiger partial charge on any atom is 0.274 e. The van der Waals surface area contributed by atoms with E-state index in [4.69, 9.17) is 5.73 Å². The minimum atomic E-state index is -1.25. The van der Waals surface area contributed by atoms with Crippen molar-refractivity contribution < 1.29 is 13.6 Å². The van der Waals surface area contributed by atoms with Crippen molar-refractivity contribution in [2.24, 2.45) is 5.73 Å². The number of alkyl halides is 1. The maximum atomic E-state index is 15.0. The molecule has 0 aliphatic heterocycles. The Labute approximate surface area is 194 Å². The number of hydrogen-bond donors (Lipinski definition) is 2. The number of hydrogen-bond acceptors (Lipinski definition) is 4. The van der Waals surface area contributed by atoms with Crippen molar-refractivity contribution in [3.63, 3.8) is 0 Å². The first-order chi connectivity index (χ1) is 15.8. The molecule has 0 bridgehead atoms. The third-order valence-corrected chi connectivity index (χ3v) is 6.05. The van der Waals surface area contributed by atoms with Gasteiger partial charge in [-0.15, -0.1) is 0 Å². The molecule has 3 rings (SSSR count). The van der Waals surface area contributed by atoms with E-state index in [1.165, 1.54) is 13.0 Å². The summed E-state index contributed by atoms with van der Waals surface area (Å²) in [6, 6.07) is 6.96. The molecule has 7 heteroatoms. The van der Waals surface area contributed by atoms with Crippen LogP contribution < -0.4 is 11.1 Å². The first-order valence-corrected chi connectivity index (χ1v) is 11.5. The zero-order valence-corrected chi connectivity index (χ0v) is 19.4. The number of carbonyl (C=O) groups is 1. The lowest BCUT2D eigenvalue weighted by Gasteiger charge is -2.28. The van der Waals surface area contributed by atoms with Crippen LogP contribution in [0.25, 0.3) is 5.57 Å². The molecule has 1 amide bonds. The van der Waals surface area contributed by atoms with Crippen molar-refractivity contribution in [3.8, 4) is 0 Å². The fraction of sp³-hybridized carbons (Fsp3) is 0.423. The molecule has 1 aliphatic rings. The highest BCUT2D eigenvalue weighted by Gasteiger charge is 2.24. The number of anilines is 1. The van der Waals surface area contributed by atoms with E-state index in [0.717, 1.165) is 31.2 Å². The number of rotatable bonds is 7. The van der Waals surface area contributed by atoms with Crippen LogP contribution in [-0.2, 0) is 0 Å². The fourth-order valence-electron chi connectivity index (χ4n) is 4.31. The van der Waals surface area contributed by atoms with Gasteiger partial charge >= 0.3 is 0 Å². The molecule has 2 aromatic rings. The van der Waals surface area contributed by atoms with Crippen molar-refractivity contribution in [3.05, 3.63) is 71.1 Å². The Hall–Kier alpha value is -2.93. The van der Waals surface area contributed by atoms with Crippen LogP contribution in [0.5, 0.6) is 0 Å². The van der Waals surface area contributed by atoms with Gasteiger partial charge in [-0.3, -0.25) is 9.78 Å². The lowest BCUT2D eigenvalue weighted by atomic mass is 9.81. The molecule has 5 nitrogen and oxygen atoms in total. The molecule has 3 N–H and O–H groups in total. The van der Waals surface area contributed by atoms with Crippen molar-refractivity contribution in [2.45, 2.75) is 71.0 Å². The fourth-order valence-corrected chi connectivity index (χ4v) is 4.31. The van der Waals surface area contributed by atoms with Crippen LogP contribution in [-0.4, -0.2) is 28.1 Å². The Kier molecular flexibility index (Phi) is 8.44. The number of amides is 1. The number of nitrogens with two attached hydrogens (primary N) is 1. The molecule has 1 unspecified atom stereocenters. The minimum Gasteiger partial charge on any atom is -0.328 e. The zero-order valence-electron chi connectivity index (χ0n) is 19.4. The Morgan fingerprint density at radius 3 is 2.76 bits per heavy atom. The van der Waals surface area contributed by atoms with Crippen molar-refractivity contribution >= 4 is 17.2 Å². The first kappa shape index (κ1) is 24.7. The third-order valence-electron chi connectivity index (χ3n) is 6.05. The van der Waals surface area contributed by atoms with Gasteiger partial charge in [-0.05, 0) is 80.9 Å². The van der Waals surface area contributed by atoms with E-state index in [1.54, 1.807) is 44.4 Å². The van der Waals surface area contributed by atoms with Gasteiger partial charge in [0.05, 0.1) is 17.6 Å². The van der Waals surface area contributed by atoms with E-state index in [2.05, 4.69) is 15.3 Å². The number of allylic oxidation sites excluding steroid dienone is 4. The summed E-state index contributed by atoms with van der Waals surface area (Å²) < 4.78 is 28.3. The molecule has 1 aliphatic carbocycles. The topological polar surface area (TPSA) is 80.9 Å². The lowest BCUT2D eigenvalue weighted by molar-refractivity contribution is 0.102. The summed E-state index contributed by atoms with van der Waals surface area (Å²) in [5.41, 5.74) is 8.85. The first-order valence-electron chi connectivity index (χ1n) is 11.5. The second-order valence-corrected chi connectivity index (χ2v) is 8.61. The van der Waals surface area contributed by atoms with E-state index in [0.29, 0.717) is 17.8 Å². The smallest absolute Gasteiger partial charge is 0.274 e. The molecule has 33 heavy (non-hydrogen) atoms. The predicted molar refractivity (Wildman–Crippen MR) is 128 cm³/mol. The van der Waals surface area contributed by atoms with E-state index < -0.39 is 17.9 Å². The van der Waals surface area contributed by atoms with Gasteiger partial charge in [-0.2, -0.15) is 0 Å². The zero-order chi connectivity index (χ0) is 24.0. The number of nitrogens with one attached hydrogen (secondary N) is 1. The summed E-state index contributed by atoms with van der Waals surface area (Å²) in [5.74, 6) is -0.652. The number of nitrogens with zero attached hydrogens (tertiary/aromatic N) is 2. The average Bonchev–Trinajstić information content (AvgIpc) is 2.82. The Balaban J connectivity index is 1.85. The molecule has 1 fully saturated rings. The molecule has 0 radical (unpaired) electrons. The third kappa shape index (κ3) is 6.32. The Bertz CT molecular complexity index is 1050. The molecule has 0 spiro atoms. The predicted octanol–water partition coefficient (Wildman–Crippen LogP) is 6.11. The second kappa shape index (κ2) is 11.3. The number of pyridine rings is 2. The number of halogens is 2. The molecule has 2 aromatic heterocycles. The van der Waals surface area contributed by atoms with Crippen LogP contribution in [0.2, 0.25) is 0 Å². The molecule has 1 saturated carbocycles. The minimum absolute atomic E-state index is 0.158. The van der Waals surface area contributed by atoms with Crippen LogP contribution in [0.15, 0.2) is 54.1 Å². The Morgan fingerprint density at radius 2 is 2.06 bits per heavy atom. The Morgan fingerprint density at radius 1 is 1.30 bits per heavy atom. The normalized spacial score (nSPS) is 20.7. The van der Waals surface area contributed by atoms with Crippen molar-refractivity contribution in [1.82, 2.24) is 9.97 Å². The van der Waals surface area contributed by atoms with Gasteiger partial charge in [-0.25, -0.2) is 13.8 Å². The van der Waals surface area contributed by atoms with Crippen LogP contribution in [0.4, 0.5) is 14.5 Å². The van der Waals surface area contributed by atoms with E-state index in [9.17, 15) is 13.6 Å². The summed E-state index contributed by atoms with van der Waals surface area (Å²) in [5, 5.41) is 2.92. The van der Waals surface area contributed by atoms with Gasteiger partial charge in [0.15, 0.2) is 0 Å². The highest BCUT2D eigenvalue weighted by molar-refractivity contribution is 6.03. The van der Waals surface area contributed by atoms with Gasteiger partial charge in [-0.1, -0.05) is 19.4 Å². The van der Waals surface area contributed by atoms with Crippen LogP contribution in [0, 0.1) is 0 Å². The molecule has 176 valence electrons. The summed E-state index contributed by atoms with van der Waals surface area (Å²) in [4.78, 5) is 21.5. The monoisotopic (exact) mass is 454 g/mol. The van der Waals surface area contributed by atoms with Gasteiger partial charge in [0.1, 0.15) is 17.7 Å². The molecular weight excluding hydrogens is 422 g/mol. The van der Waals surface area contributed by atoms with Crippen LogP contribution >= 0.6 is 0 Å². The highest BCUT2D eigenvalue weighted by Crippen LogP contribution is 2.35. The summed E-state index contributed by atoms with van der Waals surface area (Å²) in [6.45, 7) is 4.70. The van der Waals surface area contributed by atoms with E-state index in [1.807, 2.05) is 6.07 Å². The average molecular weight is 455 g/mol. The van der Waals surface area contributed by atoms with Crippen LogP contribution in [0.1, 0.15) is 80.5 Å². The summed E-state index contributed by atoms with van der Waals surface area (Å²) in [6.07, 6.45) is 7.67. The molecule has 3 atom stereocenters. The summed E-state index contributed by atoms with van der Waals surface area (Å²) >= 11 is 0. The molecular formula is C26H32F2N4O. The quantitative estimate of drug-likeness (QED) is 0.495. The van der Waals surface area contributed by atoms with Crippen LogP contribution in [0.3, 0.4) is 0 Å². The summed E-state index contributed by atoms with van der Waals surface area (Å²) in [7, 11) is 0. The number of aromatic nitrogens is 2. The second-order valence-electron chi connectivity index (χ2n) is 8.61.